The van der Waals surface area contributed by atoms with Crippen molar-refractivity contribution in [1.82, 2.24) is 15.5 Å². The Hall–Kier alpha value is -2.83. The quantitative estimate of drug-likeness (QED) is 0.327. The summed E-state index contributed by atoms with van der Waals surface area (Å²) in [6, 6.07) is 4.35. The first-order valence-electron chi connectivity index (χ1n) is 11.5. The number of nitrogens with one attached hydrogen (secondary N) is 2. The molecule has 0 unspecified atom stereocenters. The van der Waals surface area contributed by atoms with Gasteiger partial charge in [0.1, 0.15) is 0 Å². The molecule has 2 N–H and O–H groups in total. The predicted molar refractivity (Wildman–Crippen MR) is 136 cm³/mol. The van der Waals surface area contributed by atoms with E-state index in [1.807, 2.05) is 13.8 Å². The Kier molecular flexibility index (Phi) is 10.8. The van der Waals surface area contributed by atoms with Crippen molar-refractivity contribution in [2.45, 2.75) is 44.7 Å². The molecular formula is C23H30BCl2N3O8. The van der Waals surface area contributed by atoms with Crippen LogP contribution in [-0.2, 0) is 33.2 Å². The lowest BCUT2D eigenvalue weighted by atomic mass is 9.70. The molecule has 1 saturated heterocycles. The van der Waals surface area contributed by atoms with Crippen molar-refractivity contribution in [3.63, 3.8) is 0 Å². The van der Waals surface area contributed by atoms with Gasteiger partial charge in [-0.25, -0.2) is 4.79 Å². The normalized spacial score (nSPS) is 18.1. The van der Waals surface area contributed by atoms with E-state index in [0.29, 0.717) is 5.02 Å². The van der Waals surface area contributed by atoms with Crippen LogP contribution in [0.4, 0.5) is 0 Å². The maximum atomic E-state index is 12.7. The van der Waals surface area contributed by atoms with Gasteiger partial charge in [-0.15, -0.1) is 0 Å². The Morgan fingerprint density at radius 2 is 1.89 bits per heavy atom. The first kappa shape index (κ1) is 30.4. The van der Waals surface area contributed by atoms with E-state index in [-0.39, 0.29) is 22.9 Å². The van der Waals surface area contributed by atoms with Crippen LogP contribution >= 0.6 is 23.2 Å². The molecular weight excluding hydrogens is 528 g/mol. The summed E-state index contributed by atoms with van der Waals surface area (Å²) in [6.45, 7) is 3.31. The van der Waals surface area contributed by atoms with E-state index in [0.717, 1.165) is 7.11 Å². The number of amides is 3. The third kappa shape index (κ3) is 8.34. The van der Waals surface area contributed by atoms with Gasteiger partial charge in [-0.3, -0.25) is 19.2 Å². The van der Waals surface area contributed by atoms with Crippen LogP contribution in [0.2, 0.25) is 10.0 Å². The van der Waals surface area contributed by atoms with Crippen LogP contribution in [0.15, 0.2) is 18.2 Å². The van der Waals surface area contributed by atoms with Gasteiger partial charge < -0.3 is 29.6 Å². The number of halogens is 2. The zero-order chi connectivity index (χ0) is 27.9. The van der Waals surface area contributed by atoms with E-state index in [9.17, 15) is 24.0 Å². The van der Waals surface area contributed by atoms with Gasteiger partial charge in [-0.2, -0.15) is 0 Å². The van der Waals surface area contributed by atoms with E-state index in [4.69, 9.17) is 37.2 Å². The SMILES string of the molecule is COC(=O)[C@@]1(CC(=O)N(C)C)CC(=O)OB([C@H](CC(C)C)NC(=O)CNC(=O)c2cc(Cl)ccc2Cl)O1. The standard InChI is InChI=1S/C23H30BCl2N3O8/c1-13(2)8-17(28-18(30)12-27-21(33)15-9-14(25)6-7-16(15)26)24-36-20(32)11-23(37-24,22(34)35-5)10-19(31)29(3)4/h6-7,9,13,17H,8,10-12H2,1-5H3,(H,27,33)(H,28,30)/t17-,23+/m0/s1. The second kappa shape index (κ2) is 13.1. The van der Waals surface area contributed by atoms with E-state index in [1.165, 1.54) is 37.2 Å². The van der Waals surface area contributed by atoms with Gasteiger partial charge in [-0.1, -0.05) is 37.0 Å². The summed E-state index contributed by atoms with van der Waals surface area (Å²) >= 11 is 11.9. The van der Waals surface area contributed by atoms with E-state index in [2.05, 4.69) is 10.6 Å². The zero-order valence-electron chi connectivity index (χ0n) is 21.3. The number of nitrogens with zero attached hydrogens (tertiary/aromatic N) is 1. The molecule has 14 heteroatoms. The number of hydrogen-bond acceptors (Lipinski definition) is 8. The summed E-state index contributed by atoms with van der Waals surface area (Å²) in [5.74, 6) is -4.30. The molecule has 11 nitrogen and oxygen atoms in total. The number of rotatable bonds is 10. The van der Waals surface area contributed by atoms with E-state index < -0.39 is 67.7 Å². The van der Waals surface area contributed by atoms with Gasteiger partial charge in [0.15, 0.2) is 5.60 Å². The number of benzene rings is 1. The number of ether oxygens (including phenoxy) is 1. The third-order valence-corrected chi connectivity index (χ3v) is 6.06. The lowest BCUT2D eigenvalue weighted by Crippen LogP contribution is -2.62. The molecule has 0 bridgehead atoms. The molecule has 0 saturated carbocycles. The van der Waals surface area contributed by atoms with Crippen molar-refractivity contribution in [1.29, 1.82) is 0 Å². The minimum absolute atomic E-state index is 0.00493. The van der Waals surface area contributed by atoms with Crippen LogP contribution in [0.3, 0.4) is 0 Å². The largest absolute Gasteiger partial charge is 0.552 e. The van der Waals surface area contributed by atoms with Crippen LogP contribution in [-0.4, -0.2) is 81.0 Å². The van der Waals surface area contributed by atoms with Crippen molar-refractivity contribution in [3.05, 3.63) is 33.8 Å². The summed E-state index contributed by atoms with van der Waals surface area (Å²) in [4.78, 5) is 64.1. The zero-order valence-corrected chi connectivity index (χ0v) is 22.8. The van der Waals surface area contributed by atoms with Gasteiger partial charge in [0.05, 0.1) is 43.0 Å². The molecule has 1 heterocycles. The van der Waals surface area contributed by atoms with Gasteiger partial charge in [0.25, 0.3) is 11.9 Å². The number of methoxy groups -OCH3 is 1. The molecule has 2 rings (SSSR count). The van der Waals surface area contributed by atoms with Crippen LogP contribution in [0.25, 0.3) is 0 Å². The highest BCUT2D eigenvalue weighted by Gasteiger charge is 2.55. The van der Waals surface area contributed by atoms with Gasteiger partial charge in [-0.05, 0) is 30.5 Å². The fourth-order valence-corrected chi connectivity index (χ4v) is 4.05. The van der Waals surface area contributed by atoms with Crippen molar-refractivity contribution in [2.75, 3.05) is 27.7 Å². The molecule has 1 aliphatic heterocycles. The van der Waals surface area contributed by atoms with Gasteiger partial charge >= 0.3 is 13.1 Å². The monoisotopic (exact) mass is 557 g/mol. The lowest BCUT2D eigenvalue weighted by Gasteiger charge is -2.39. The number of carbonyl (C=O) groups excluding carboxylic acids is 5. The fourth-order valence-electron chi connectivity index (χ4n) is 3.67. The Bertz CT molecular complexity index is 1050. The molecule has 1 aromatic carbocycles. The molecule has 0 aliphatic carbocycles. The average Bonchev–Trinajstić information content (AvgIpc) is 2.82. The van der Waals surface area contributed by atoms with Crippen LogP contribution < -0.4 is 10.6 Å². The number of esters is 1. The van der Waals surface area contributed by atoms with Gasteiger partial charge in [0, 0.05) is 19.1 Å². The smallest absolute Gasteiger partial charge is 0.508 e. The molecule has 202 valence electrons. The highest BCUT2D eigenvalue weighted by Crippen LogP contribution is 2.31. The number of carbonyl (C=O) groups is 5. The minimum Gasteiger partial charge on any atom is -0.508 e. The molecule has 37 heavy (non-hydrogen) atoms. The molecule has 0 aromatic heterocycles. The molecule has 3 amide bonds. The van der Waals surface area contributed by atoms with Crippen molar-refractivity contribution < 1.29 is 38.0 Å². The van der Waals surface area contributed by atoms with Crippen molar-refractivity contribution >= 4 is 60.0 Å². The Labute approximate surface area is 225 Å². The molecule has 0 spiro atoms. The summed E-state index contributed by atoms with van der Waals surface area (Å²) in [6.07, 6.45) is -0.706. The highest BCUT2D eigenvalue weighted by molar-refractivity contribution is 6.50. The minimum atomic E-state index is -1.92. The number of hydrogen-bond donors (Lipinski definition) is 2. The Morgan fingerprint density at radius 1 is 1.22 bits per heavy atom. The predicted octanol–water partition coefficient (Wildman–Crippen LogP) is 1.64. The molecule has 2 atom stereocenters. The van der Waals surface area contributed by atoms with Crippen LogP contribution in [0, 0.1) is 5.92 Å². The maximum Gasteiger partial charge on any atom is 0.552 e. The maximum absolute atomic E-state index is 12.7. The lowest BCUT2D eigenvalue weighted by molar-refractivity contribution is -0.176. The molecule has 0 radical (unpaired) electrons. The summed E-state index contributed by atoms with van der Waals surface area (Å²) in [5, 5.41) is 5.59. The average molecular weight is 558 g/mol. The van der Waals surface area contributed by atoms with E-state index in [1.54, 1.807) is 0 Å². The second-order valence-corrected chi connectivity index (χ2v) is 10.1. The first-order chi connectivity index (χ1) is 17.3. The van der Waals surface area contributed by atoms with Crippen LogP contribution in [0.1, 0.15) is 43.5 Å². The summed E-state index contributed by atoms with van der Waals surface area (Å²) in [5.41, 5.74) is -1.83. The molecule has 1 aromatic rings. The molecule has 1 aliphatic rings. The topological polar surface area (TPSA) is 140 Å². The van der Waals surface area contributed by atoms with Gasteiger partial charge in [0.2, 0.25) is 11.8 Å². The second-order valence-electron chi connectivity index (χ2n) is 9.21. The third-order valence-electron chi connectivity index (χ3n) is 5.50. The highest BCUT2D eigenvalue weighted by atomic mass is 35.5. The fraction of sp³-hybridized carbons (Fsp3) is 0.522. The van der Waals surface area contributed by atoms with E-state index >= 15 is 0 Å². The molecule has 1 fully saturated rings. The summed E-state index contributed by atoms with van der Waals surface area (Å²) in [7, 11) is 2.72. The first-order valence-corrected chi connectivity index (χ1v) is 12.2. The Balaban J connectivity index is 2.20. The van der Waals surface area contributed by atoms with Crippen LogP contribution in [0.5, 0.6) is 0 Å². The summed E-state index contributed by atoms with van der Waals surface area (Å²) < 4.78 is 16.1. The van der Waals surface area contributed by atoms with Crippen molar-refractivity contribution in [3.8, 4) is 0 Å². The Morgan fingerprint density at radius 3 is 2.49 bits per heavy atom. The van der Waals surface area contributed by atoms with Crippen molar-refractivity contribution in [2.24, 2.45) is 5.92 Å².